The standard InChI is InChI=1S/C12H17ClN2O3S/c13-9-4-5-11(14)12(8-9)19(17,18)15(6-7-16)10-2-1-3-10/h4-5,8,10,16H,1-3,6-7,14H2. The molecule has 0 aromatic heterocycles. The maximum Gasteiger partial charge on any atom is 0.245 e. The van der Waals surface area contributed by atoms with Crippen molar-refractivity contribution in [3.05, 3.63) is 23.2 Å². The topological polar surface area (TPSA) is 83.6 Å². The molecule has 0 amide bonds. The van der Waals surface area contributed by atoms with Gasteiger partial charge in [0.2, 0.25) is 10.0 Å². The number of aliphatic hydroxyl groups excluding tert-OH is 1. The second kappa shape index (κ2) is 5.66. The van der Waals surface area contributed by atoms with Gasteiger partial charge in [-0.1, -0.05) is 18.0 Å². The zero-order valence-corrected chi connectivity index (χ0v) is 12.0. The van der Waals surface area contributed by atoms with Crippen molar-refractivity contribution < 1.29 is 13.5 Å². The second-order valence-electron chi connectivity index (χ2n) is 4.61. The normalized spacial score (nSPS) is 16.6. The van der Waals surface area contributed by atoms with Gasteiger partial charge in [-0.3, -0.25) is 0 Å². The smallest absolute Gasteiger partial charge is 0.245 e. The van der Waals surface area contributed by atoms with Crippen molar-refractivity contribution in [2.24, 2.45) is 0 Å². The number of nitrogens with two attached hydrogens (primary N) is 1. The van der Waals surface area contributed by atoms with Crippen LogP contribution in [-0.4, -0.2) is 37.0 Å². The Morgan fingerprint density at radius 3 is 2.63 bits per heavy atom. The fraction of sp³-hybridized carbons (Fsp3) is 0.500. The predicted octanol–water partition coefficient (Wildman–Crippen LogP) is 1.46. The van der Waals surface area contributed by atoms with E-state index in [2.05, 4.69) is 0 Å². The zero-order chi connectivity index (χ0) is 14.0. The molecule has 19 heavy (non-hydrogen) atoms. The van der Waals surface area contributed by atoms with Crippen LogP contribution in [0.15, 0.2) is 23.1 Å². The van der Waals surface area contributed by atoms with E-state index in [1.807, 2.05) is 0 Å². The Kier molecular flexibility index (Phi) is 4.35. The summed E-state index contributed by atoms with van der Waals surface area (Å²) >= 11 is 5.84. The molecule has 0 radical (unpaired) electrons. The molecule has 0 saturated heterocycles. The van der Waals surface area contributed by atoms with Gasteiger partial charge in [0.05, 0.1) is 12.3 Å². The number of nitrogen functional groups attached to an aromatic ring is 1. The molecule has 106 valence electrons. The molecule has 1 aliphatic carbocycles. The average Bonchev–Trinajstić information content (AvgIpc) is 2.29. The number of anilines is 1. The highest BCUT2D eigenvalue weighted by Gasteiger charge is 2.35. The van der Waals surface area contributed by atoms with Crippen LogP contribution >= 0.6 is 11.6 Å². The molecule has 0 aliphatic heterocycles. The molecule has 1 aromatic rings. The highest BCUT2D eigenvalue weighted by Crippen LogP contribution is 2.32. The van der Waals surface area contributed by atoms with Gasteiger partial charge in [0, 0.05) is 17.6 Å². The monoisotopic (exact) mass is 304 g/mol. The number of rotatable bonds is 5. The lowest BCUT2D eigenvalue weighted by Crippen LogP contribution is -2.45. The van der Waals surface area contributed by atoms with Gasteiger partial charge in [0.1, 0.15) is 4.90 Å². The van der Waals surface area contributed by atoms with Crippen molar-refractivity contribution >= 4 is 27.3 Å². The van der Waals surface area contributed by atoms with E-state index in [1.165, 1.54) is 16.4 Å². The van der Waals surface area contributed by atoms with Gasteiger partial charge >= 0.3 is 0 Å². The first-order chi connectivity index (χ1) is 8.96. The number of benzene rings is 1. The highest BCUT2D eigenvalue weighted by atomic mass is 35.5. The molecule has 1 saturated carbocycles. The Hall–Kier alpha value is -0.820. The van der Waals surface area contributed by atoms with E-state index >= 15 is 0 Å². The number of hydrogen-bond donors (Lipinski definition) is 2. The largest absolute Gasteiger partial charge is 0.398 e. The minimum absolute atomic E-state index is 0.0142. The van der Waals surface area contributed by atoms with Gasteiger partial charge in [0.25, 0.3) is 0 Å². The maximum atomic E-state index is 12.6. The molecule has 1 aromatic carbocycles. The molecule has 0 spiro atoms. The minimum atomic E-state index is -3.71. The van der Waals surface area contributed by atoms with Crippen LogP contribution in [0.5, 0.6) is 0 Å². The summed E-state index contributed by atoms with van der Waals surface area (Å²) in [6.07, 6.45) is 2.65. The first-order valence-electron chi connectivity index (χ1n) is 6.14. The highest BCUT2D eigenvalue weighted by molar-refractivity contribution is 7.89. The number of sulfonamides is 1. The van der Waals surface area contributed by atoms with Crippen LogP contribution in [0, 0.1) is 0 Å². The van der Waals surface area contributed by atoms with E-state index < -0.39 is 10.0 Å². The van der Waals surface area contributed by atoms with E-state index in [0.29, 0.717) is 5.02 Å². The van der Waals surface area contributed by atoms with Crippen LogP contribution in [-0.2, 0) is 10.0 Å². The average molecular weight is 305 g/mol. The molecule has 1 aliphatic rings. The Morgan fingerprint density at radius 1 is 1.42 bits per heavy atom. The molecule has 0 bridgehead atoms. The van der Waals surface area contributed by atoms with Gasteiger partial charge in [-0.25, -0.2) is 8.42 Å². The van der Waals surface area contributed by atoms with E-state index in [-0.39, 0.29) is 29.8 Å². The number of aliphatic hydroxyl groups is 1. The van der Waals surface area contributed by atoms with Crippen molar-refractivity contribution in [1.82, 2.24) is 4.31 Å². The lowest BCUT2D eigenvalue weighted by Gasteiger charge is -2.36. The number of nitrogens with zero attached hydrogens (tertiary/aromatic N) is 1. The summed E-state index contributed by atoms with van der Waals surface area (Å²) in [5.74, 6) is 0. The Morgan fingerprint density at radius 2 is 2.11 bits per heavy atom. The van der Waals surface area contributed by atoms with Crippen LogP contribution in [0.2, 0.25) is 5.02 Å². The fourth-order valence-corrected chi connectivity index (χ4v) is 4.19. The maximum absolute atomic E-state index is 12.6. The molecule has 1 fully saturated rings. The third-order valence-electron chi connectivity index (χ3n) is 3.36. The SMILES string of the molecule is Nc1ccc(Cl)cc1S(=O)(=O)N(CCO)C1CCC1. The fourth-order valence-electron chi connectivity index (χ4n) is 2.13. The minimum Gasteiger partial charge on any atom is -0.398 e. The molecule has 7 heteroatoms. The van der Waals surface area contributed by atoms with Crippen LogP contribution in [0.3, 0.4) is 0 Å². The van der Waals surface area contributed by atoms with E-state index in [4.69, 9.17) is 22.4 Å². The molecule has 5 nitrogen and oxygen atoms in total. The lowest BCUT2D eigenvalue weighted by molar-refractivity contribution is 0.178. The first kappa shape index (κ1) is 14.6. The zero-order valence-electron chi connectivity index (χ0n) is 10.4. The van der Waals surface area contributed by atoms with E-state index in [1.54, 1.807) is 6.07 Å². The summed E-state index contributed by atoms with van der Waals surface area (Å²) in [5.41, 5.74) is 5.91. The van der Waals surface area contributed by atoms with Crippen molar-refractivity contribution in [1.29, 1.82) is 0 Å². The molecule has 2 rings (SSSR count). The Labute approximate surface area is 118 Å². The summed E-state index contributed by atoms with van der Waals surface area (Å²) in [4.78, 5) is 0.0142. The third-order valence-corrected chi connectivity index (χ3v) is 5.61. The summed E-state index contributed by atoms with van der Waals surface area (Å²) < 4.78 is 26.5. The molecule has 3 N–H and O–H groups in total. The second-order valence-corrected chi connectivity index (χ2v) is 6.90. The van der Waals surface area contributed by atoms with Crippen molar-refractivity contribution in [2.75, 3.05) is 18.9 Å². The summed E-state index contributed by atoms with van der Waals surface area (Å²) in [5, 5.41) is 9.40. The molecule has 0 heterocycles. The van der Waals surface area contributed by atoms with Crippen LogP contribution < -0.4 is 5.73 Å². The molecule has 0 atom stereocenters. The first-order valence-corrected chi connectivity index (χ1v) is 7.96. The summed E-state index contributed by atoms with van der Waals surface area (Å²) in [6, 6.07) is 4.34. The lowest BCUT2D eigenvalue weighted by atomic mass is 9.93. The van der Waals surface area contributed by atoms with Gasteiger partial charge < -0.3 is 10.8 Å². The molecule has 0 unspecified atom stereocenters. The number of hydrogen-bond acceptors (Lipinski definition) is 4. The van der Waals surface area contributed by atoms with E-state index in [9.17, 15) is 8.42 Å². The number of halogens is 1. The van der Waals surface area contributed by atoms with E-state index in [0.717, 1.165) is 19.3 Å². The molecular weight excluding hydrogens is 288 g/mol. The van der Waals surface area contributed by atoms with Gasteiger partial charge in [-0.2, -0.15) is 4.31 Å². The Bertz CT molecular complexity index is 558. The van der Waals surface area contributed by atoms with Crippen molar-refractivity contribution in [2.45, 2.75) is 30.2 Å². The Balaban J connectivity index is 2.40. The third kappa shape index (κ3) is 2.86. The summed E-state index contributed by atoms with van der Waals surface area (Å²) in [6.45, 7) is -0.130. The van der Waals surface area contributed by atoms with Crippen molar-refractivity contribution in [3.8, 4) is 0 Å². The molecular formula is C12H17ClN2O3S. The van der Waals surface area contributed by atoms with Crippen LogP contribution in [0.1, 0.15) is 19.3 Å². The van der Waals surface area contributed by atoms with Crippen LogP contribution in [0.25, 0.3) is 0 Å². The van der Waals surface area contributed by atoms with Crippen LogP contribution in [0.4, 0.5) is 5.69 Å². The summed E-state index contributed by atoms with van der Waals surface area (Å²) in [7, 11) is -3.71. The predicted molar refractivity (Wildman–Crippen MR) is 74.5 cm³/mol. The van der Waals surface area contributed by atoms with Gasteiger partial charge in [-0.15, -0.1) is 0 Å². The van der Waals surface area contributed by atoms with Gasteiger partial charge in [0.15, 0.2) is 0 Å². The van der Waals surface area contributed by atoms with Crippen molar-refractivity contribution in [3.63, 3.8) is 0 Å². The van der Waals surface area contributed by atoms with Gasteiger partial charge in [-0.05, 0) is 31.0 Å². The quantitative estimate of drug-likeness (QED) is 0.807.